The Bertz CT molecular complexity index is 1070. The predicted molar refractivity (Wildman–Crippen MR) is 126 cm³/mol. The Hall–Kier alpha value is -3.36. The molecular weight excluding hydrogens is 438 g/mol. The highest BCUT2D eigenvalue weighted by molar-refractivity contribution is 5.85. The van der Waals surface area contributed by atoms with Crippen LogP contribution in [0.5, 0.6) is 0 Å². The van der Waals surface area contributed by atoms with Crippen molar-refractivity contribution >= 4 is 12.1 Å². The normalized spacial score (nSPS) is 18.0. The maximum Gasteiger partial charge on any atom is 0.441 e. The summed E-state index contributed by atoms with van der Waals surface area (Å²) in [6, 6.07) is 9.05. The zero-order valence-corrected chi connectivity index (χ0v) is 20.0. The molecule has 1 aliphatic heterocycles. The molecule has 2 heterocycles. The summed E-state index contributed by atoms with van der Waals surface area (Å²) in [7, 11) is 0. The molecule has 0 saturated heterocycles. The van der Waals surface area contributed by atoms with Crippen molar-refractivity contribution in [3.63, 3.8) is 0 Å². The fraction of sp³-hybridized carbons (Fsp3) is 0.520. The zero-order valence-electron chi connectivity index (χ0n) is 20.0. The van der Waals surface area contributed by atoms with E-state index in [0.29, 0.717) is 18.7 Å². The van der Waals surface area contributed by atoms with Crippen molar-refractivity contribution in [2.75, 3.05) is 0 Å². The summed E-state index contributed by atoms with van der Waals surface area (Å²) >= 11 is 0. The van der Waals surface area contributed by atoms with E-state index in [0.717, 1.165) is 24.8 Å². The number of carbonyl (C=O) groups excluding carboxylic acids is 1. The molecule has 9 nitrogen and oxygen atoms in total. The molecule has 9 heteroatoms. The first kappa shape index (κ1) is 25.3. The Morgan fingerprint density at radius 3 is 2.65 bits per heavy atom. The molecule has 184 valence electrons. The van der Waals surface area contributed by atoms with Gasteiger partial charge in [-0.1, -0.05) is 54.1 Å². The van der Waals surface area contributed by atoms with Gasteiger partial charge in [-0.05, 0) is 52.0 Å². The van der Waals surface area contributed by atoms with Gasteiger partial charge in [-0.15, -0.1) is 0 Å². The van der Waals surface area contributed by atoms with Gasteiger partial charge in [0.05, 0.1) is 0 Å². The Balaban J connectivity index is 1.79. The lowest BCUT2D eigenvalue weighted by Crippen LogP contribution is -2.56. The van der Waals surface area contributed by atoms with Gasteiger partial charge in [0.15, 0.2) is 5.82 Å². The number of fused-ring (bicyclic) bond motifs is 1. The van der Waals surface area contributed by atoms with Gasteiger partial charge in [0, 0.05) is 18.9 Å². The van der Waals surface area contributed by atoms with Crippen molar-refractivity contribution in [3.05, 3.63) is 64.4 Å². The minimum atomic E-state index is -1.59. The third-order valence-electron chi connectivity index (χ3n) is 5.80. The van der Waals surface area contributed by atoms with Gasteiger partial charge in [0.1, 0.15) is 11.1 Å². The van der Waals surface area contributed by atoms with Crippen LogP contribution in [0.4, 0.5) is 4.79 Å². The number of ether oxygens (including phenoxy) is 1. The van der Waals surface area contributed by atoms with Crippen LogP contribution in [-0.4, -0.2) is 38.0 Å². The average molecular weight is 472 g/mol. The first-order valence-electron chi connectivity index (χ1n) is 11.6. The van der Waals surface area contributed by atoms with Crippen LogP contribution in [0.2, 0.25) is 0 Å². The molecule has 2 aromatic rings. The molecule has 1 aliphatic rings. The number of carboxylic acids is 1. The summed E-state index contributed by atoms with van der Waals surface area (Å²) in [5.74, 6) is -0.971. The minimum Gasteiger partial charge on any atom is -0.479 e. The number of hydrogen-bond donors (Lipinski definition) is 2. The highest BCUT2D eigenvalue weighted by atomic mass is 16.6. The van der Waals surface area contributed by atoms with Crippen LogP contribution < -0.4 is 11.1 Å². The van der Waals surface area contributed by atoms with Crippen LogP contribution >= 0.6 is 0 Å². The summed E-state index contributed by atoms with van der Waals surface area (Å²) in [6.45, 7) is 5.17. The Morgan fingerprint density at radius 1 is 1.24 bits per heavy atom. The van der Waals surface area contributed by atoms with E-state index in [1.807, 2.05) is 36.4 Å². The maximum atomic E-state index is 12.6. The average Bonchev–Trinajstić information content (AvgIpc) is 2.99. The van der Waals surface area contributed by atoms with E-state index < -0.39 is 29.0 Å². The standard InChI is InChI=1S/C25H33N3O6/c1-24(2,3)33-22(31)26-25(21(29)30,17-18-11-5-4-6-12-18)16-10-9-14-19-13-7-8-15-20-27-34-23(32)28(19)20/h4-6,9-12,19H,7-8,13-17H2,1-3H3,(H,26,31)(H,29,30)/t19?,25-/m1/s1. The van der Waals surface area contributed by atoms with Gasteiger partial charge in [-0.3, -0.25) is 9.09 Å². The molecule has 0 radical (unpaired) electrons. The van der Waals surface area contributed by atoms with Crippen LogP contribution in [0.25, 0.3) is 0 Å². The lowest BCUT2D eigenvalue weighted by Gasteiger charge is -2.31. The number of nitrogens with one attached hydrogen (secondary N) is 1. The van der Waals surface area contributed by atoms with Crippen molar-refractivity contribution in [1.82, 2.24) is 15.0 Å². The minimum absolute atomic E-state index is 0.0502. The highest BCUT2D eigenvalue weighted by Crippen LogP contribution is 2.26. The first-order valence-corrected chi connectivity index (χ1v) is 11.6. The van der Waals surface area contributed by atoms with Gasteiger partial charge >= 0.3 is 17.8 Å². The molecule has 0 bridgehead atoms. The number of amides is 1. The molecule has 3 rings (SSSR count). The molecule has 34 heavy (non-hydrogen) atoms. The Morgan fingerprint density at radius 2 is 1.97 bits per heavy atom. The second-order valence-electron chi connectivity index (χ2n) is 9.72. The second kappa shape index (κ2) is 10.7. The van der Waals surface area contributed by atoms with Gasteiger partial charge in [0.25, 0.3) is 0 Å². The Labute approximate surface area is 198 Å². The molecule has 1 aromatic carbocycles. The van der Waals surface area contributed by atoms with Crippen LogP contribution in [-0.2, 0) is 22.4 Å². The van der Waals surface area contributed by atoms with Crippen molar-refractivity contribution in [3.8, 4) is 0 Å². The molecule has 1 unspecified atom stereocenters. The smallest absolute Gasteiger partial charge is 0.441 e. The molecule has 0 fully saturated rings. The number of aryl methyl sites for hydroxylation is 1. The quantitative estimate of drug-likeness (QED) is 0.557. The molecule has 0 saturated carbocycles. The van der Waals surface area contributed by atoms with Crippen LogP contribution in [0, 0.1) is 0 Å². The predicted octanol–water partition coefficient (Wildman–Crippen LogP) is 4.03. The SMILES string of the molecule is CC(C)(C)OC(=O)N[C@](CC=CCC1CCCCc2noc(=O)n21)(Cc1ccccc1)C(=O)O. The number of carbonyl (C=O) groups is 2. The fourth-order valence-corrected chi connectivity index (χ4v) is 4.19. The van der Waals surface area contributed by atoms with Crippen LogP contribution in [0.15, 0.2) is 51.8 Å². The number of nitrogens with zero attached hydrogens (tertiary/aromatic N) is 2. The van der Waals surface area contributed by atoms with Crippen LogP contribution in [0.1, 0.15) is 70.3 Å². The van der Waals surface area contributed by atoms with E-state index in [2.05, 4.69) is 10.5 Å². The van der Waals surface area contributed by atoms with E-state index in [4.69, 9.17) is 9.26 Å². The molecule has 2 atom stereocenters. The molecule has 1 amide bonds. The number of alkyl carbamates (subject to hydrolysis) is 1. The van der Waals surface area contributed by atoms with E-state index in [-0.39, 0.29) is 18.9 Å². The van der Waals surface area contributed by atoms with Gasteiger partial charge in [-0.2, -0.15) is 0 Å². The van der Waals surface area contributed by atoms with E-state index in [1.54, 1.807) is 31.4 Å². The summed E-state index contributed by atoms with van der Waals surface area (Å²) in [4.78, 5) is 37.1. The molecular formula is C25H33N3O6. The van der Waals surface area contributed by atoms with E-state index >= 15 is 0 Å². The largest absolute Gasteiger partial charge is 0.479 e. The number of carboxylic acid groups (broad SMARTS) is 1. The number of hydrogen-bond acceptors (Lipinski definition) is 6. The summed E-state index contributed by atoms with van der Waals surface area (Å²) in [5.41, 5.74) is -1.58. The van der Waals surface area contributed by atoms with Crippen molar-refractivity contribution in [2.45, 2.75) is 82.9 Å². The van der Waals surface area contributed by atoms with E-state index in [1.165, 1.54) is 0 Å². The third-order valence-corrected chi connectivity index (χ3v) is 5.80. The number of rotatable bonds is 8. The van der Waals surface area contributed by atoms with Crippen LogP contribution in [0.3, 0.4) is 0 Å². The first-order chi connectivity index (χ1) is 16.1. The number of aromatic nitrogens is 2. The summed E-state index contributed by atoms with van der Waals surface area (Å²) in [5, 5.41) is 16.7. The number of allylic oxidation sites excluding steroid dienone is 1. The van der Waals surface area contributed by atoms with Gasteiger partial charge in [-0.25, -0.2) is 14.4 Å². The molecule has 1 aromatic heterocycles. The highest BCUT2D eigenvalue weighted by Gasteiger charge is 2.40. The summed E-state index contributed by atoms with van der Waals surface area (Å²) < 4.78 is 11.8. The Kier molecular flexibility index (Phi) is 7.96. The summed E-state index contributed by atoms with van der Waals surface area (Å²) in [6.07, 6.45) is 6.90. The monoisotopic (exact) mass is 471 g/mol. The molecule has 0 aliphatic carbocycles. The number of aliphatic carboxylic acids is 1. The van der Waals surface area contributed by atoms with Gasteiger partial charge < -0.3 is 15.2 Å². The lowest BCUT2D eigenvalue weighted by atomic mass is 9.87. The van der Waals surface area contributed by atoms with Crippen molar-refractivity contribution < 1.29 is 24.0 Å². The van der Waals surface area contributed by atoms with Crippen molar-refractivity contribution in [1.29, 1.82) is 0 Å². The second-order valence-corrected chi connectivity index (χ2v) is 9.72. The topological polar surface area (TPSA) is 124 Å². The van der Waals surface area contributed by atoms with E-state index in [9.17, 15) is 19.5 Å². The van der Waals surface area contributed by atoms with Gasteiger partial charge in [0.2, 0.25) is 0 Å². The molecule has 0 spiro atoms. The van der Waals surface area contributed by atoms with Crippen molar-refractivity contribution in [2.24, 2.45) is 0 Å². The molecule has 2 N–H and O–H groups in total. The number of benzene rings is 1. The zero-order chi connectivity index (χ0) is 24.8. The fourth-order valence-electron chi connectivity index (χ4n) is 4.19. The third kappa shape index (κ3) is 6.59. The maximum absolute atomic E-state index is 12.6. The lowest BCUT2D eigenvalue weighted by molar-refractivity contribution is -0.144.